The number of hydrogen-bond donors (Lipinski definition) is 1. The summed E-state index contributed by atoms with van der Waals surface area (Å²) in [6, 6.07) is 0. The van der Waals surface area contributed by atoms with Gasteiger partial charge in [-0.3, -0.25) is 4.79 Å². The Bertz CT molecular complexity index is 221. The van der Waals surface area contributed by atoms with Gasteiger partial charge in [0.25, 0.3) is 0 Å². The van der Waals surface area contributed by atoms with Crippen LogP contribution in [0.25, 0.3) is 0 Å². The highest BCUT2D eigenvalue weighted by atomic mass is 16.1. The van der Waals surface area contributed by atoms with Gasteiger partial charge in [-0.25, -0.2) is 0 Å². The maximum absolute atomic E-state index is 10.9. The predicted molar refractivity (Wildman–Crippen MR) is 61.3 cm³/mol. The van der Waals surface area contributed by atoms with Crippen LogP contribution >= 0.6 is 0 Å². The second-order valence-corrected chi connectivity index (χ2v) is 5.67. The van der Waals surface area contributed by atoms with Crippen molar-refractivity contribution in [3.05, 3.63) is 0 Å². The van der Waals surface area contributed by atoms with Gasteiger partial charge in [-0.05, 0) is 49.9 Å². The molecule has 2 aliphatic carbocycles. The zero-order valence-corrected chi connectivity index (χ0v) is 9.63. The van der Waals surface area contributed by atoms with Gasteiger partial charge in [0.1, 0.15) is 0 Å². The summed E-state index contributed by atoms with van der Waals surface area (Å²) < 4.78 is 0. The quantitative estimate of drug-likeness (QED) is 0.746. The summed E-state index contributed by atoms with van der Waals surface area (Å²) in [6.07, 6.45) is 13.0. The van der Waals surface area contributed by atoms with E-state index >= 15 is 0 Å². The molecule has 2 nitrogen and oxygen atoms in total. The van der Waals surface area contributed by atoms with Crippen molar-refractivity contribution in [1.82, 2.24) is 0 Å². The fourth-order valence-corrected chi connectivity index (χ4v) is 3.58. The first-order chi connectivity index (χ1) is 7.20. The fraction of sp³-hybridized carbons (Fsp3) is 0.923. The van der Waals surface area contributed by atoms with E-state index in [9.17, 15) is 4.79 Å². The molecule has 0 saturated heterocycles. The molecule has 1 amide bonds. The van der Waals surface area contributed by atoms with Crippen molar-refractivity contribution in [3.63, 3.8) is 0 Å². The van der Waals surface area contributed by atoms with Crippen molar-refractivity contribution < 1.29 is 4.79 Å². The minimum atomic E-state index is -0.111. The minimum absolute atomic E-state index is 0.111. The highest BCUT2D eigenvalue weighted by molar-refractivity contribution is 5.73. The molecule has 86 valence electrons. The Hall–Kier alpha value is -0.530. The highest BCUT2D eigenvalue weighted by Gasteiger charge is 2.36. The predicted octanol–water partition coefficient (Wildman–Crippen LogP) is 3.00. The van der Waals surface area contributed by atoms with Gasteiger partial charge in [0.15, 0.2) is 0 Å². The molecule has 0 bridgehead atoms. The molecule has 15 heavy (non-hydrogen) atoms. The normalized spacial score (nSPS) is 26.7. The summed E-state index contributed by atoms with van der Waals surface area (Å²) in [7, 11) is 0. The number of carbonyl (C=O) groups excluding carboxylic acids is 1. The summed E-state index contributed by atoms with van der Waals surface area (Å²) in [4.78, 5) is 10.9. The van der Waals surface area contributed by atoms with Crippen molar-refractivity contribution in [2.24, 2.45) is 17.1 Å². The Morgan fingerprint density at radius 3 is 2.20 bits per heavy atom. The van der Waals surface area contributed by atoms with E-state index in [2.05, 4.69) is 0 Å². The van der Waals surface area contributed by atoms with Crippen molar-refractivity contribution in [1.29, 1.82) is 0 Å². The van der Waals surface area contributed by atoms with Gasteiger partial charge in [-0.2, -0.15) is 0 Å². The summed E-state index contributed by atoms with van der Waals surface area (Å²) >= 11 is 0. The highest BCUT2D eigenvalue weighted by Crippen LogP contribution is 2.49. The molecule has 0 heterocycles. The van der Waals surface area contributed by atoms with Crippen LogP contribution in [0.15, 0.2) is 0 Å². The number of carbonyl (C=O) groups is 1. The average Bonchev–Trinajstić information content (AvgIpc) is 2.23. The van der Waals surface area contributed by atoms with Gasteiger partial charge in [0, 0.05) is 6.42 Å². The van der Waals surface area contributed by atoms with E-state index in [4.69, 9.17) is 5.73 Å². The Morgan fingerprint density at radius 2 is 1.67 bits per heavy atom. The van der Waals surface area contributed by atoms with Crippen LogP contribution in [0.3, 0.4) is 0 Å². The average molecular weight is 209 g/mol. The first kappa shape index (κ1) is 11.0. The van der Waals surface area contributed by atoms with Crippen LogP contribution in [0, 0.1) is 11.3 Å². The van der Waals surface area contributed by atoms with Crippen molar-refractivity contribution in [2.75, 3.05) is 0 Å². The summed E-state index contributed by atoms with van der Waals surface area (Å²) in [6.45, 7) is 0. The Morgan fingerprint density at radius 1 is 1.07 bits per heavy atom. The summed E-state index contributed by atoms with van der Waals surface area (Å²) in [5.74, 6) is 0.481. The topological polar surface area (TPSA) is 43.1 Å². The Labute approximate surface area is 92.6 Å². The zero-order valence-electron chi connectivity index (χ0n) is 9.63. The molecule has 2 rings (SSSR count). The van der Waals surface area contributed by atoms with Crippen LogP contribution in [0.5, 0.6) is 0 Å². The van der Waals surface area contributed by atoms with Crippen molar-refractivity contribution in [2.45, 2.75) is 64.2 Å². The molecule has 0 aromatic carbocycles. The third-order valence-electron chi connectivity index (χ3n) is 4.57. The van der Waals surface area contributed by atoms with Gasteiger partial charge < -0.3 is 5.73 Å². The molecule has 0 aromatic heterocycles. The second-order valence-electron chi connectivity index (χ2n) is 5.67. The van der Waals surface area contributed by atoms with Gasteiger partial charge in [-0.15, -0.1) is 0 Å². The third-order valence-corrected chi connectivity index (χ3v) is 4.57. The van der Waals surface area contributed by atoms with Gasteiger partial charge in [0.2, 0.25) is 5.91 Å². The molecule has 2 aliphatic rings. The van der Waals surface area contributed by atoms with Crippen LogP contribution < -0.4 is 5.73 Å². The zero-order chi connectivity index (χ0) is 10.7. The third kappa shape index (κ3) is 2.73. The van der Waals surface area contributed by atoms with E-state index in [-0.39, 0.29) is 5.91 Å². The molecule has 0 atom stereocenters. The summed E-state index contributed by atoms with van der Waals surface area (Å²) in [5.41, 5.74) is 5.93. The molecule has 0 radical (unpaired) electrons. The number of hydrogen-bond acceptors (Lipinski definition) is 1. The molecular formula is C13H23NO. The van der Waals surface area contributed by atoms with Gasteiger partial charge in [-0.1, -0.05) is 19.3 Å². The van der Waals surface area contributed by atoms with E-state index in [1.165, 1.54) is 57.8 Å². The summed E-state index contributed by atoms with van der Waals surface area (Å²) in [5, 5.41) is 0. The molecule has 2 heteroatoms. The van der Waals surface area contributed by atoms with E-state index in [0.29, 0.717) is 17.8 Å². The maximum Gasteiger partial charge on any atom is 0.217 e. The van der Waals surface area contributed by atoms with Gasteiger partial charge in [0.05, 0.1) is 0 Å². The Balaban J connectivity index is 1.82. The van der Waals surface area contributed by atoms with Crippen LogP contribution in [0.1, 0.15) is 64.2 Å². The number of primary amides is 1. The van der Waals surface area contributed by atoms with Crippen molar-refractivity contribution >= 4 is 5.91 Å². The van der Waals surface area contributed by atoms with E-state index in [1.54, 1.807) is 0 Å². The first-order valence-corrected chi connectivity index (χ1v) is 6.49. The lowest BCUT2D eigenvalue weighted by Gasteiger charge is -2.42. The molecule has 2 saturated carbocycles. The number of nitrogens with two attached hydrogens (primary N) is 1. The second kappa shape index (κ2) is 4.54. The lowest BCUT2D eigenvalue weighted by molar-refractivity contribution is -0.119. The van der Waals surface area contributed by atoms with Crippen LogP contribution in [-0.2, 0) is 4.79 Å². The first-order valence-electron chi connectivity index (χ1n) is 6.49. The SMILES string of the molecule is NC(=O)CC1CCC2(CCCCC2)CC1. The molecule has 0 aromatic rings. The largest absolute Gasteiger partial charge is 0.370 e. The van der Waals surface area contributed by atoms with E-state index in [0.717, 1.165) is 0 Å². The van der Waals surface area contributed by atoms with Crippen LogP contribution in [0.4, 0.5) is 0 Å². The maximum atomic E-state index is 10.9. The van der Waals surface area contributed by atoms with E-state index < -0.39 is 0 Å². The standard InChI is InChI=1S/C13H23NO/c14-12(15)10-11-4-8-13(9-5-11)6-2-1-3-7-13/h11H,1-10H2,(H2,14,15). The molecule has 1 spiro atoms. The minimum Gasteiger partial charge on any atom is -0.370 e. The Kier molecular flexibility index (Phi) is 3.32. The smallest absolute Gasteiger partial charge is 0.217 e. The van der Waals surface area contributed by atoms with E-state index in [1.807, 2.05) is 0 Å². The monoisotopic (exact) mass is 209 g/mol. The van der Waals surface area contributed by atoms with Crippen LogP contribution in [0.2, 0.25) is 0 Å². The number of rotatable bonds is 2. The molecule has 2 fully saturated rings. The lowest BCUT2D eigenvalue weighted by atomic mass is 9.63. The number of amides is 1. The van der Waals surface area contributed by atoms with Crippen LogP contribution in [-0.4, -0.2) is 5.91 Å². The molecule has 0 unspecified atom stereocenters. The molecular weight excluding hydrogens is 186 g/mol. The van der Waals surface area contributed by atoms with Crippen molar-refractivity contribution in [3.8, 4) is 0 Å². The fourth-order valence-electron chi connectivity index (χ4n) is 3.58. The molecule has 2 N–H and O–H groups in total. The van der Waals surface area contributed by atoms with Gasteiger partial charge >= 0.3 is 0 Å². The molecule has 0 aliphatic heterocycles. The lowest BCUT2D eigenvalue weighted by Crippen LogP contribution is -2.31.